The molecule has 0 atom stereocenters. The predicted molar refractivity (Wildman–Crippen MR) is 68.3 cm³/mol. The van der Waals surface area contributed by atoms with Crippen molar-refractivity contribution in [3.63, 3.8) is 0 Å². The molecule has 0 fully saturated rings. The third kappa shape index (κ3) is 2.07. The van der Waals surface area contributed by atoms with Crippen LogP contribution in [0.5, 0.6) is 0 Å². The van der Waals surface area contributed by atoms with E-state index in [0.29, 0.717) is 5.56 Å². The third-order valence-corrected chi connectivity index (χ3v) is 2.97. The lowest BCUT2D eigenvalue weighted by Crippen LogP contribution is -2.02. The summed E-state index contributed by atoms with van der Waals surface area (Å²) in [6, 6.07) is 13.4. The Labute approximate surface area is 101 Å². The topological polar surface area (TPSA) is 37.3 Å². The minimum atomic E-state index is -0.875. The fourth-order valence-corrected chi connectivity index (χ4v) is 2.13. The van der Waals surface area contributed by atoms with Gasteiger partial charge in [-0.3, -0.25) is 0 Å². The van der Waals surface area contributed by atoms with Crippen LogP contribution >= 0.6 is 0 Å². The molecule has 0 spiro atoms. The molecule has 0 bridgehead atoms. The molecule has 0 radical (unpaired) electrons. The van der Waals surface area contributed by atoms with Crippen molar-refractivity contribution in [2.75, 3.05) is 0 Å². The Hall–Kier alpha value is -2.09. The molecular formula is C15H14O2. The molecule has 2 nitrogen and oxygen atoms in total. The summed E-state index contributed by atoms with van der Waals surface area (Å²) in [5.41, 5.74) is 4.37. The molecule has 0 aliphatic rings. The van der Waals surface area contributed by atoms with Crippen LogP contribution in [0.4, 0.5) is 0 Å². The highest BCUT2D eigenvalue weighted by Gasteiger charge is 2.13. The summed E-state index contributed by atoms with van der Waals surface area (Å²) >= 11 is 0. The van der Waals surface area contributed by atoms with Gasteiger partial charge >= 0.3 is 5.97 Å². The van der Waals surface area contributed by atoms with Crippen molar-refractivity contribution in [2.45, 2.75) is 13.8 Å². The van der Waals surface area contributed by atoms with Crippen LogP contribution in [0.25, 0.3) is 11.1 Å². The van der Waals surface area contributed by atoms with E-state index in [0.717, 1.165) is 22.3 Å². The summed E-state index contributed by atoms with van der Waals surface area (Å²) in [7, 11) is 0. The molecule has 1 N–H and O–H groups in total. The molecule has 17 heavy (non-hydrogen) atoms. The van der Waals surface area contributed by atoms with Gasteiger partial charge in [-0.2, -0.15) is 0 Å². The molecule has 0 unspecified atom stereocenters. The number of rotatable bonds is 2. The lowest BCUT2D eigenvalue weighted by Gasteiger charge is -2.12. The van der Waals surface area contributed by atoms with Crippen molar-refractivity contribution >= 4 is 5.97 Å². The number of carboxylic acids is 1. The molecule has 86 valence electrons. The molecule has 0 amide bonds. The summed E-state index contributed by atoms with van der Waals surface area (Å²) in [6.07, 6.45) is 0. The number of hydrogen-bond acceptors (Lipinski definition) is 1. The van der Waals surface area contributed by atoms with E-state index in [9.17, 15) is 4.79 Å². The maximum absolute atomic E-state index is 11.1. The molecule has 0 heterocycles. The smallest absolute Gasteiger partial charge is 0.335 e. The number of hydrogen-bond donors (Lipinski definition) is 1. The molecule has 2 aromatic rings. The van der Waals surface area contributed by atoms with E-state index in [4.69, 9.17) is 5.11 Å². The molecule has 2 rings (SSSR count). The second-order valence-electron chi connectivity index (χ2n) is 4.10. The first-order chi connectivity index (χ1) is 8.11. The Morgan fingerprint density at radius 2 is 1.65 bits per heavy atom. The van der Waals surface area contributed by atoms with Crippen molar-refractivity contribution in [1.29, 1.82) is 0 Å². The minimum Gasteiger partial charge on any atom is -0.478 e. The zero-order chi connectivity index (χ0) is 12.4. The van der Waals surface area contributed by atoms with Gasteiger partial charge in [-0.05, 0) is 42.2 Å². The van der Waals surface area contributed by atoms with Gasteiger partial charge in [0.25, 0.3) is 0 Å². The van der Waals surface area contributed by atoms with E-state index in [1.54, 1.807) is 6.07 Å². The van der Waals surface area contributed by atoms with E-state index in [1.165, 1.54) is 0 Å². The standard InChI is InChI=1S/C15H14O2/c1-10-8-9-13(15(16)17)11(2)14(10)12-6-4-3-5-7-12/h3-9H,1-2H3,(H,16,17). The van der Waals surface area contributed by atoms with Gasteiger partial charge in [-0.25, -0.2) is 4.79 Å². The van der Waals surface area contributed by atoms with Crippen molar-refractivity contribution in [3.8, 4) is 11.1 Å². The second-order valence-corrected chi connectivity index (χ2v) is 4.10. The Balaban J connectivity index is 2.69. The SMILES string of the molecule is Cc1ccc(C(=O)O)c(C)c1-c1ccccc1. The van der Waals surface area contributed by atoms with Gasteiger partial charge in [0.15, 0.2) is 0 Å². The average molecular weight is 226 g/mol. The summed E-state index contributed by atoms with van der Waals surface area (Å²) in [5, 5.41) is 9.13. The quantitative estimate of drug-likeness (QED) is 0.848. The van der Waals surface area contributed by atoms with Gasteiger partial charge < -0.3 is 5.11 Å². The highest BCUT2D eigenvalue weighted by molar-refractivity contribution is 5.92. The van der Waals surface area contributed by atoms with Crippen LogP contribution in [0.15, 0.2) is 42.5 Å². The van der Waals surface area contributed by atoms with Crippen LogP contribution in [0.3, 0.4) is 0 Å². The zero-order valence-electron chi connectivity index (χ0n) is 9.90. The van der Waals surface area contributed by atoms with E-state index in [-0.39, 0.29) is 0 Å². The molecule has 0 saturated heterocycles. The minimum absolute atomic E-state index is 0.370. The van der Waals surface area contributed by atoms with Gasteiger partial charge in [0.05, 0.1) is 5.56 Å². The fourth-order valence-electron chi connectivity index (χ4n) is 2.13. The third-order valence-electron chi connectivity index (χ3n) is 2.97. The summed E-state index contributed by atoms with van der Waals surface area (Å²) in [6.45, 7) is 3.86. The van der Waals surface area contributed by atoms with Crippen LogP contribution in [0.1, 0.15) is 21.5 Å². The molecule has 0 aromatic heterocycles. The van der Waals surface area contributed by atoms with Gasteiger partial charge in [0, 0.05) is 0 Å². The summed E-state index contributed by atoms with van der Waals surface area (Å²) < 4.78 is 0. The van der Waals surface area contributed by atoms with E-state index < -0.39 is 5.97 Å². The summed E-state index contributed by atoms with van der Waals surface area (Å²) in [4.78, 5) is 11.1. The van der Waals surface area contributed by atoms with Crippen molar-refractivity contribution in [3.05, 3.63) is 59.2 Å². The molecule has 2 heteroatoms. The maximum atomic E-state index is 11.1. The first kappa shape index (κ1) is 11.4. The molecule has 0 aliphatic carbocycles. The zero-order valence-corrected chi connectivity index (χ0v) is 9.90. The molecule has 0 aliphatic heterocycles. The van der Waals surface area contributed by atoms with Crippen molar-refractivity contribution in [2.24, 2.45) is 0 Å². The lowest BCUT2D eigenvalue weighted by atomic mass is 9.92. The Morgan fingerprint density at radius 3 is 2.24 bits per heavy atom. The number of benzene rings is 2. The monoisotopic (exact) mass is 226 g/mol. The van der Waals surface area contributed by atoms with Crippen molar-refractivity contribution in [1.82, 2.24) is 0 Å². The first-order valence-electron chi connectivity index (χ1n) is 5.50. The Kier molecular flexibility index (Phi) is 2.96. The molecule has 2 aromatic carbocycles. The largest absolute Gasteiger partial charge is 0.478 e. The van der Waals surface area contributed by atoms with Crippen LogP contribution in [0.2, 0.25) is 0 Å². The number of aromatic carboxylic acids is 1. The van der Waals surface area contributed by atoms with Crippen LogP contribution < -0.4 is 0 Å². The maximum Gasteiger partial charge on any atom is 0.335 e. The predicted octanol–water partition coefficient (Wildman–Crippen LogP) is 3.67. The van der Waals surface area contributed by atoms with Gasteiger partial charge in [-0.1, -0.05) is 36.4 Å². The highest BCUT2D eigenvalue weighted by Crippen LogP contribution is 2.29. The Morgan fingerprint density at radius 1 is 1.00 bits per heavy atom. The summed E-state index contributed by atoms with van der Waals surface area (Å²) in [5.74, 6) is -0.875. The van der Waals surface area contributed by atoms with Crippen LogP contribution in [-0.4, -0.2) is 11.1 Å². The van der Waals surface area contributed by atoms with E-state index >= 15 is 0 Å². The lowest BCUT2D eigenvalue weighted by molar-refractivity contribution is 0.0696. The van der Waals surface area contributed by atoms with Crippen LogP contribution in [-0.2, 0) is 0 Å². The number of carboxylic acid groups (broad SMARTS) is 1. The number of carbonyl (C=O) groups is 1. The van der Waals surface area contributed by atoms with E-state index in [1.807, 2.05) is 50.2 Å². The Bertz CT molecular complexity index is 557. The van der Waals surface area contributed by atoms with Gasteiger partial charge in [0.2, 0.25) is 0 Å². The number of aryl methyl sites for hydroxylation is 1. The molecular weight excluding hydrogens is 212 g/mol. The first-order valence-corrected chi connectivity index (χ1v) is 5.50. The normalized spacial score (nSPS) is 10.2. The van der Waals surface area contributed by atoms with Crippen molar-refractivity contribution < 1.29 is 9.90 Å². The van der Waals surface area contributed by atoms with Crippen LogP contribution in [0, 0.1) is 13.8 Å². The van der Waals surface area contributed by atoms with E-state index in [2.05, 4.69) is 0 Å². The van der Waals surface area contributed by atoms with Gasteiger partial charge in [-0.15, -0.1) is 0 Å². The molecule has 0 saturated carbocycles. The second kappa shape index (κ2) is 4.42. The highest BCUT2D eigenvalue weighted by atomic mass is 16.4. The van der Waals surface area contributed by atoms with Gasteiger partial charge in [0.1, 0.15) is 0 Å². The fraction of sp³-hybridized carbons (Fsp3) is 0.133. The average Bonchev–Trinajstić information content (AvgIpc) is 2.30.